The highest BCUT2D eigenvalue weighted by Crippen LogP contribution is 2.23. The van der Waals surface area contributed by atoms with Crippen molar-refractivity contribution < 1.29 is 5.11 Å². The average Bonchev–Trinajstić information content (AvgIpc) is 3.05. The fourth-order valence-electron chi connectivity index (χ4n) is 2.91. The molecule has 2 unspecified atom stereocenters. The zero-order valence-corrected chi connectivity index (χ0v) is 11.2. The van der Waals surface area contributed by atoms with Gasteiger partial charge in [0.15, 0.2) is 0 Å². The summed E-state index contributed by atoms with van der Waals surface area (Å²) in [5, 5.41) is 12.5. The van der Waals surface area contributed by atoms with Gasteiger partial charge >= 0.3 is 0 Å². The fraction of sp³-hybridized carbons (Fsp3) is 1.00. The van der Waals surface area contributed by atoms with Crippen LogP contribution in [0, 0.1) is 5.92 Å². The standard InChI is InChI=1S/C14H28N2O/c1-12(10-15-13-6-7-13)11-16-8-2-4-14(16)5-3-9-17/h12-15,17H,2-11H2,1H3. The first-order chi connectivity index (χ1) is 8.29. The van der Waals surface area contributed by atoms with E-state index in [1.54, 1.807) is 0 Å². The van der Waals surface area contributed by atoms with Gasteiger partial charge in [0, 0.05) is 25.2 Å². The molecule has 1 saturated heterocycles. The Kier molecular flexibility index (Phi) is 5.26. The third kappa shape index (κ3) is 4.57. The van der Waals surface area contributed by atoms with Gasteiger partial charge in [0.1, 0.15) is 0 Å². The molecule has 0 amide bonds. The third-order valence-corrected chi connectivity index (χ3v) is 4.07. The molecule has 2 N–H and O–H groups in total. The summed E-state index contributed by atoms with van der Waals surface area (Å²) in [7, 11) is 0. The van der Waals surface area contributed by atoms with E-state index >= 15 is 0 Å². The molecule has 1 aliphatic carbocycles. The number of rotatable bonds is 8. The summed E-state index contributed by atoms with van der Waals surface area (Å²) < 4.78 is 0. The smallest absolute Gasteiger partial charge is 0.0431 e. The summed E-state index contributed by atoms with van der Waals surface area (Å²) in [6.07, 6.45) is 7.60. The van der Waals surface area contributed by atoms with Gasteiger partial charge < -0.3 is 15.3 Å². The molecule has 2 atom stereocenters. The van der Waals surface area contributed by atoms with Crippen molar-refractivity contribution in [2.24, 2.45) is 5.92 Å². The van der Waals surface area contributed by atoms with Crippen LogP contribution in [0.2, 0.25) is 0 Å². The molecular weight excluding hydrogens is 212 g/mol. The topological polar surface area (TPSA) is 35.5 Å². The summed E-state index contributed by atoms with van der Waals surface area (Å²) in [5.41, 5.74) is 0. The molecule has 0 radical (unpaired) electrons. The van der Waals surface area contributed by atoms with Gasteiger partial charge in [-0.3, -0.25) is 0 Å². The molecule has 3 nitrogen and oxygen atoms in total. The molecule has 1 saturated carbocycles. The highest BCUT2D eigenvalue weighted by Gasteiger charge is 2.26. The number of hydrogen-bond acceptors (Lipinski definition) is 3. The van der Waals surface area contributed by atoms with E-state index in [0.717, 1.165) is 24.4 Å². The highest BCUT2D eigenvalue weighted by atomic mass is 16.2. The van der Waals surface area contributed by atoms with Crippen molar-refractivity contribution in [3.05, 3.63) is 0 Å². The number of aliphatic hydroxyl groups excluding tert-OH is 1. The predicted octanol–water partition coefficient (Wildman–Crippen LogP) is 1.61. The van der Waals surface area contributed by atoms with Crippen LogP contribution in [-0.4, -0.2) is 48.3 Å². The second-order valence-corrected chi connectivity index (χ2v) is 5.94. The first kappa shape index (κ1) is 13.3. The van der Waals surface area contributed by atoms with Crippen LogP contribution >= 0.6 is 0 Å². The molecule has 1 heterocycles. The molecule has 0 spiro atoms. The Bertz CT molecular complexity index is 218. The largest absolute Gasteiger partial charge is 0.396 e. The molecule has 0 aromatic carbocycles. The lowest BCUT2D eigenvalue weighted by Crippen LogP contribution is -2.37. The molecule has 3 heteroatoms. The lowest BCUT2D eigenvalue weighted by molar-refractivity contribution is 0.193. The summed E-state index contributed by atoms with van der Waals surface area (Å²) >= 11 is 0. The maximum Gasteiger partial charge on any atom is 0.0431 e. The Morgan fingerprint density at radius 3 is 2.88 bits per heavy atom. The van der Waals surface area contributed by atoms with Crippen LogP contribution < -0.4 is 5.32 Å². The van der Waals surface area contributed by atoms with Gasteiger partial charge in [0.05, 0.1) is 0 Å². The van der Waals surface area contributed by atoms with Gasteiger partial charge in [-0.25, -0.2) is 0 Å². The SMILES string of the molecule is CC(CNC1CC1)CN1CCCC1CCCO. The Hall–Kier alpha value is -0.120. The van der Waals surface area contributed by atoms with Crippen LogP contribution in [0.25, 0.3) is 0 Å². The highest BCUT2D eigenvalue weighted by molar-refractivity contribution is 4.84. The second-order valence-electron chi connectivity index (χ2n) is 5.94. The lowest BCUT2D eigenvalue weighted by atomic mass is 10.1. The minimum atomic E-state index is 0.350. The van der Waals surface area contributed by atoms with Gasteiger partial charge in [-0.2, -0.15) is 0 Å². The molecule has 100 valence electrons. The van der Waals surface area contributed by atoms with E-state index in [1.165, 1.54) is 51.7 Å². The van der Waals surface area contributed by atoms with Crippen LogP contribution in [0.1, 0.15) is 45.4 Å². The van der Waals surface area contributed by atoms with Gasteiger partial charge in [-0.1, -0.05) is 6.92 Å². The minimum Gasteiger partial charge on any atom is -0.396 e. The van der Waals surface area contributed by atoms with E-state index < -0.39 is 0 Å². The van der Waals surface area contributed by atoms with Gasteiger partial charge in [0.2, 0.25) is 0 Å². The Labute approximate surface area is 106 Å². The number of likely N-dealkylation sites (tertiary alicyclic amines) is 1. The lowest BCUT2D eigenvalue weighted by Gasteiger charge is -2.27. The van der Waals surface area contributed by atoms with Crippen molar-refractivity contribution in [1.29, 1.82) is 0 Å². The Morgan fingerprint density at radius 2 is 2.18 bits per heavy atom. The van der Waals surface area contributed by atoms with Crippen molar-refractivity contribution in [2.75, 3.05) is 26.2 Å². The number of nitrogens with zero attached hydrogens (tertiary/aromatic N) is 1. The molecule has 2 rings (SSSR count). The summed E-state index contributed by atoms with van der Waals surface area (Å²) in [6.45, 7) is 6.38. The summed E-state index contributed by atoms with van der Waals surface area (Å²) in [4.78, 5) is 2.65. The monoisotopic (exact) mass is 240 g/mol. The normalized spacial score (nSPS) is 27.5. The van der Waals surface area contributed by atoms with Gasteiger partial charge in [0.25, 0.3) is 0 Å². The van der Waals surface area contributed by atoms with Crippen LogP contribution in [-0.2, 0) is 0 Å². The van der Waals surface area contributed by atoms with Crippen LogP contribution in [0.3, 0.4) is 0 Å². The molecule has 0 aromatic heterocycles. The molecule has 2 aliphatic rings. The summed E-state index contributed by atoms with van der Waals surface area (Å²) in [5.74, 6) is 0.755. The van der Waals surface area contributed by atoms with E-state index in [4.69, 9.17) is 5.11 Å². The fourth-order valence-corrected chi connectivity index (χ4v) is 2.91. The van der Waals surface area contributed by atoms with Crippen molar-refractivity contribution in [1.82, 2.24) is 10.2 Å². The zero-order valence-electron chi connectivity index (χ0n) is 11.2. The van der Waals surface area contributed by atoms with Gasteiger partial charge in [-0.05, 0) is 57.5 Å². The number of aliphatic hydroxyl groups is 1. The summed E-state index contributed by atoms with van der Waals surface area (Å²) in [6, 6.07) is 1.58. The molecule has 17 heavy (non-hydrogen) atoms. The van der Waals surface area contributed by atoms with Gasteiger partial charge in [-0.15, -0.1) is 0 Å². The third-order valence-electron chi connectivity index (χ3n) is 4.07. The number of nitrogens with one attached hydrogen (secondary N) is 1. The Morgan fingerprint density at radius 1 is 1.35 bits per heavy atom. The van der Waals surface area contributed by atoms with Crippen LogP contribution in [0.5, 0.6) is 0 Å². The molecule has 1 aliphatic heterocycles. The first-order valence-electron chi connectivity index (χ1n) is 7.38. The van der Waals surface area contributed by atoms with Crippen molar-refractivity contribution >= 4 is 0 Å². The number of hydrogen-bond donors (Lipinski definition) is 2. The van der Waals surface area contributed by atoms with Crippen molar-refractivity contribution in [3.63, 3.8) is 0 Å². The van der Waals surface area contributed by atoms with E-state index in [0.29, 0.717) is 6.61 Å². The predicted molar refractivity (Wildman–Crippen MR) is 71.1 cm³/mol. The molecular formula is C14H28N2O. The van der Waals surface area contributed by atoms with E-state index in [9.17, 15) is 0 Å². The first-order valence-corrected chi connectivity index (χ1v) is 7.38. The second kappa shape index (κ2) is 6.72. The van der Waals surface area contributed by atoms with E-state index in [2.05, 4.69) is 17.1 Å². The van der Waals surface area contributed by atoms with Crippen LogP contribution in [0.4, 0.5) is 0 Å². The zero-order chi connectivity index (χ0) is 12.1. The average molecular weight is 240 g/mol. The maximum atomic E-state index is 8.92. The molecule has 0 bridgehead atoms. The minimum absolute atomic E-state index is 0.350. The Balaban J connectivity index is 1.64. The van der Waals surface area contributed by atoms with Crippen LogP contribution in [0.15, 0.2) is 0 Å². The molecule has 2 fully saturated rings. The molecule has 0 aromatic rings. The van der Waals surface area contributed by atoms with Crippen molar-refractivity contribution in [2.45, 2.75) is 57.5 Å². The van der Waals surface area contributed by atoms with E-state index in [-0.39, 0.29) is 0 Å². The van der Waals surface area contributed by atoms with Crippen molar-refractivity contribution in [3.8, 4) is 0 Å². The maximum absolute atomic E-state index is 8.92. The quantitative estimate of drug-likeness (QED) is 0.676. The van der Waals surface area contributed by atoms with E-state index in [1.807, 2.05) is 0 Å².